The Morgan fingerprint density at radius 3 is 2.73 bits per heavy atom. The first kappa shape index (κ1) is 10.2. The number of hydrogen-bond donors (Lipinski definition) is 1. The molecular formula is C12H16N2O. The van der Waals surface area contributed by atoms with Gasteiger partial charge >= 0.3 is 0 Å². The number of nitrogens with zero attached hydrogens (tertiary/aromatic N) is 1. The Morgan fingerprint density at radius 2 is 2.13 bits per heavy atom. The van der Waals surface area contributed by atoms with Crippen molar-refractivity contribution in [1.29, 1.82) is 0 Å². The zero-order valence-corrected chi connectivity index (χ0v) is 8.94. The minimum absolute atomic E-state index is 0.158. The minimum atomic E-state index is 0.158. The SMILES string of the molecule is Cc1ccc(CC2=NC(CN)CO2)cc1. The number of aryl methyl sites for hydroxylation is 1. The van der Waals surface area contributed by atoms with E-state index < -0.39 is 0 Å². The maximum Gasteiger partial charge on any atom is 0.188 e. The molecule has 2 N–H and O–H groups in total. The molecule has 3 heteroatoms. The second-order valence-electron chi connectivity index (χ2n) is 3.89. The van der Waals surface area contributed by atoms with Crippen molar-refractivity contribution in [3.05, 3.63) is 35.4 Å². The molecule has 0 fully saturated rings. The van der Waals surface area contributed by atoms with Gasteiger partial charge in [-0.3, -0.25) is 0 Å². The summed E-state index contributed by atoms with van der Waals surface area (Å²) in [7, 11) is 0. The molecule has 1 heterocycles. The maximum atomic E-state index is 5.52. The quantitative estimate of drug-likeness (QED) is 0.806. The van der Waals surface area contributed by atoms with Gasteiger partial charge in [0.1, 0.15) is 6.61 Å². The summed E-state index contributed by atoms with van der Waals surface area (Å²) in [6.07, 6.45) is 0.775. The van der Waals surface area contributed by atoms with Gasteiger partial charge < -0.3 is 10.5 Å². The highest BCUT2D eigenvalue weighted by Crippen LogP contribution is 2.10. The van der Waals surface area contributed by atoms with E-state index in [1.165, 1.54) is 11.1 Å². The predicted molar refractivity (Wildman–Crippen MR) is 61.1 cm³/mol. The molecule has 0 bridgehead atoms. The third-order valence-electron chi connectivity index (χ3n) is 2.52. The molecule has 1 aliphatic rings. The van der Waals surface area contributed by atoms with Crippen molar-refractivity contribution in [2.75, 3.05) is 13.2 Å². The number of hydrogen-bond acceptors (Lipinski definition) is 3. The van der Waals surface area contributed by atoms with Gasteiger partial charge in [-0.25, -0.2) is 4.99 Å². The van der Waals surface area contributed by atoms with Crippen molar-refractivity contribution in [1.82, 2.24) is 0 Å². The van der Waals surface area contributed by atoms with Gasteiger partial charge in [-0.2, -0.15) is 0 Å². The van der Waals surface area contributed by atoms with E-state index in [4.69, 9.17) is 10.5 Å². The molecule has 0 radical (unpaired) electrons. The van der Waals surface area contributed by atoms with Crippen LogP contribution in [0.1, 0.15) is 11.1 Å². The van der Waals surface area contributed by atoms with E-state index in [-0.39, 0.29) is 6.04 Å². The van der Waals surface area contributed by atoms with Crippen LogP contribution in [0.3, 0.4) is 0 Å². The van der Waals surface area contributed by atoms with Crippen LogP contribution in [-0.2, 0) is 11.2 Å². The summed E-state index contributed by atoms with van der Waals surface area (Å²) in [6.45, 7) is 3.28. The number of nitrogens with two attached hydrogens (primary N) is 1. The first-order valence-corrected chi connectivity index (χ1v) is 5.23. The normalized spacial score (nSPS) is 19.9. The molecule has 15 heavy (non-hydrogen) atoms. The molecule has 0 saturated carbocycles. The van der Waals surface area contributed by atoms with Crippen LogP contribution < -0.4 is 5.73 Å². The Bertz CT molecular complexity index is 356. The lowest BCUT2D eigenvalue weighted by molar-refractivity contribution is 0.313. The Hall–Kier alpha value is -1.35. The average molecular weight is 204 g/mol. The summed E-state index contributed by atoms with van der Waals surface area (Å²) in [5.74, 6) is 0.814. The third-order valence-corrected chi connectivity index (χ3v) is 2.52. The lowest BCUT2D eigenvalue weighted by Crippen LogP contribution is -2.18. The van der Waals surface area contributed by atoms with Gasteiger partial charge in [0.25, 0.3) is 0 Å². The topological polar surface area (TPSA) is 47.6 Å². The van der Waals surface area contributed by atoms with E-state index in [0.717, 1.165) is 12.3 Å². The van der Waals surface area contributed by atoms with Crippen molar-refractivity contribution in [3.63, 3.8) is 0 Å². The first-order chi connectivity index (χ1) is 7.28. The molecule has 1 aromatic rings. The summed E-state index contributed by atoms with van der Waals surface area (Å²) in [5.41, 5.74) is 8.03. The van der Waals surface area contributed by atoms with Crippen LogP contribution in [-0.4, -0.2) is 25.1 Å². The smallest absolute Gasteiger partial charge is 0.188 e. The van der Waals surface area contributed by atoms with E-state index >= 15 is 0 Å². The summed E-state index contributed by atoms with van der Waals surface area (Å²) in [5, 5.41) is 0. The summed E-state index contributed by atoms with van der Waals surface area (Å²) < 4.78 is 5.46. The number of ether oxygens (including phenoxy) is 1. The highest BCUT2D eigenvalue weighted by atomic mass is 16.5. The predicted octanol–water partition coefficient (Wildman–Crippen LogP) is 1.29. The van der Waals surface area contributed by atoms with Gasteiger partial charge in [0.2, 0.25) is 0 Å². The monoisotopic (exact) mass is 204 g/mol. The molecule has 1 unspecified atom stereocenters. The van der Waals surface area contributed by atoms with Crippen LogP contribution >= 0.6 is 0 Å². The molecule has 80 valence electrons. The van der Waals surface area contributed by atoms with Gasteiger partial charge in [0.05, 0.1) is 6.04 Å². The highest BCUT2D eigenvalue weighted by molar-refractivity contribution is 5.80. The van der Waals surface area contributed by atoms with Gasteiger partial charge in [0.15, 0.2) is 5.90 Å². The fraction of sp³-hybridized carbons (Fsp3) is 0.417. The lowest BCUT2D eigenvalue weighted by atomic mass is 10.1. The van der Waals surface area contributed by atoms with Gasteiger partial charge in [-0.1, -0.05) is 29.8 Å². The first-order valence-electron chi connectivity index (χ1n) is 5.23. The fourth-order valence-corrected chi connectivity index (χ4v) is 1.57. The van der Waals surface area contributed by atoms with Crippen molar-refractivity contribution >= 4 is 5.90 Å². The van der Waals surface area contributed by atoms with Crippen molar-refractivity contribution in [3.8, 4) is 0 Å². The second kappa shape index (κ2) is 4.45. The van der Waals surface area contributed by atoms with E-state index in [1.54, 1.807) is 0 Å². The van der Waals surface area contributed by atoms with Crippen LogP contribution in [0.15, 0.2) is 29.3 Å². The van der Waals surface area contributed by atoms with Crippen LogP contribution in [0.25, 0.3) is 0 Å². The fourth-order valence-electron chi connectivity index (χ4n) is 1.57. The molecular weight excluding hydrogens is 188 g/mol. The molecule has 1 aliphatic heterocycles. The van der Waals surface area contributed by atoms with Crippen LogP contribution in [0.5, 0.6) is 0 Å². The second-order valence-corrected chi connectivity index (χ2v) is 3.89. The van der Waals surface area contributed by atoms with Crippen molar-refractivity contribution in [2.24, 2.45) is 10.7 Å². The largest absolute Gasteiger partial charge is 0.478 e. The van der Waals surface area contributed by atoms with E-state index in [2.05, 4.69) is 36.2 Å². The molecule has 0 aromatic heterocycles. The molecule has 0 amide bonds. The maximum absolute atomic E-state index is 5.52. The van der Waals surface area contributed by atoms with E-state index in [0.29, 0.717) is 13.2 Å². The van der Waals surface area contributed by atoms with Crippen LogP contribution in [0, 0.1) is 6.92 Å². The van der Waals surface area contributed by atoms with Crippen LogP contribution in [0.4, 0.5) is 0 Å². The molecule has 0 spiro atoms. The zero-order chi connectivity index (χ0) is 10.7. The zero-order valence-electron chi connectivity index (χ0n) is 8.94. The Kier molecular flexibility index (Phi) is 3.02. The van der Waals surface area contributed by atoms with Crippen LogP contribution in [0.2, 0.25) is 0 Å². The molecule has 0 aliphatic carbocycles. The van der Waals surface area contributed by atoms with Gasteiger partial charge in [-0.15, -0.1) is 0 Å². The highest BCUT2D eigenvalue weighted by Gasteiger charge is 2.16. The van der Waals surface area contributed by atoms with Gasteiger partial charge in [-0.05, 0) is 12.5 Å². The van der Waals surface area contributed by atoms with Crippen molar-refractivity contribution < 1.29 is 4.74 Å². The third kappa shape index (κ3) is 2.57. The van der Waals surface area contributed by atoms with Crippen molar-refractivity contribution in [2.45, 2.75) is 19.4 Å². The minimum Gasteiger partial charge on any atom is -0.478 e. The Labute approximate surface area is 90.0 Å². The summed E-state index contributed by atoms with van der Waals surface area (Å²) in [4.78, 5) is 4.39. The van der Waals surface area contributed by atoms with E-state index in [1.807, 2.05) is 0 Å². The standard InChI is InChI=1S/C12H16N2O/c1-9-2-4-10(5-3-9)6-12-14-11(7-13)8-15-12/h2-5,11H,6-8,13H2,1H3. The Morgan fingerprint density at radius 1 is 1.40 bits per heavy atom. The lowest BCUT2D eigenvalue weighted by Gasteiger charge is -2.01. The number of aliphatic imine (C=N–C) groups is 1. The summed E-state index contributed by atoms with van der Waals surface area (Å²) in [6, 6.07) is 8.58. The average Bonchev–Trinajstić information content (AvgIpc) is 2.69. The summed E-state index contributed by atoms with van der Waals surface area (Å²) >= 11 is 0. The molecule has 1 aromatic carbocycles. The van der Waals surface area contributed by atoms with Gasteiger partial charge in [0, 0.05) is 13.0 Å². The number of benzene rings is 1. The Balaban J connectivity index is 2.00. The molecule has 3 nitrogen and oxygen atoms in total. The molecule has 1 atom stereocenters. The van der Waals surface area contributed by atoms with E-state index in [9.17, 15) is 0 Å². The molecule has 2 rings (SSSR count). The number of rotatable bonds is 3. The molecule has 0 saturated heterocycles.